The summed E-state index contributed by atoms with van der Waals surface area (Å²) in [6.07, 6.45) is 9.85. The molecule has 148 valence electrons. The number of aliphatic carboxylic acids is 1. The summed E-state index contributed by atoms with van der Waals surface area (Å²) >= 11 is 0. The number of amides is 1. The number of hydrogen-bond donors (Lipinski definition) is 2. The Morgan fingerprint density at radius 3 is 2.29 bits per heavy atom. The summed E-state index contributed by atoms with van der Waals surface area (Å²) in [5.74, 6) is -1.44. The van der Waals surface area contributed by atoms with E-state index < -0.39 is 17.4 Å². The Labute approximate surface area is 167 Å². The molecule has 4 nitrogen and oxygen atoms in total. The number of benzene rings is 1. The molecule has 1 aromatic carbocycles. The maximum absolute atomic E-state index is 13.1. The molecule has 1 aromatic rings. The van der Waals surface area contributed by atoms with Gasteiger partial charge in [-0.25, -0.2) is 4.79 Å². The van der Waals surface area contributed by atoms with E-state index in [1.165, 1.54) is 6.08 Å². The molecular weight excluding hydrogens is 350 g/mol. The minimum atomic E-state index is -1.34. The molecule has 0 bridgehead atoms. The van der Waals surface area contributed by atoms with Gasteiger partial charge in [0.2, 0.25) is 0 Å². The highest BCUT2D eigenvalue weighted by molar-refractivity contribution is 6.01. The van der Waals surface area contributed by atoms with Crippen LogP contribution in [0.25, 0.3) is 0 Å². The third-order valence-electron chi connectivity index (χ3n) is 5.20. The van der Waals surface area contributed by atoms with E-state index >= 15 is 0 Å². The number of unbranched alkanes of at least 4 members (excludes halogenated alkanes) is 1. The molecule has 0 saturated carbocycles. The molecule has 2 N–H and O–H groups in total. The highest BCUT2D eigenvalue weighted by Gasteiger charge is 2.45. The van der Waals surface area contributed by atoms with E-state index in [4.69, 9.17) is 0 Å². The number of hydrogen-bond acceptors (Lipinski definition) is 2. The lowest BCUT2D eigenvalue weighted by atomic mass is 9.93. The van der Waals surface area contributed by atoms with E-state index in [0.29, 0.717) is 5.57 Å². The SMILES string of the molecule is C=C/C(C(=O)NC1(C(=O)O)Cc2ccccc2C1)=C(/C=C\CCC)C(\C)=C/C. The van der Waals surface area contributed by atoms with Crippen LogP contribution < -0.4 is 5.32 Å². The molecule has 0 fully saturated rings. The first kappa shape index (κ1) is 21.4. The Hall–Kier alpha value is -2.88. The average molecular weight is 380 g/mol. The van der Waals surface area contributed by atoms with Gasteiger partial charge in [0.05, 0.1) is 0 Å². The molecule has 1 aliphatic rings. The lowest BCUT2D eigenvalue weighted by Gasteiger charge is -2.26. The Morgan fingerprint density at radius 2 is 1.82 bits per heavy atom. The van der Waals surface area contributed by atoms with Crippen LogP contribution in [0, 0.1) is 0 Å². The maximum Gasteiger partial charge on any atom is 0.330 e. The first-order valence-electron chi connectivity index (χ1n) is 9.67. The van der Waals surface area contributed by atoms with E-state index in [9.17, 15) is 14.7 Å². The van der Waals surface area contributed by atoms with Crippen molar-refractivity contribution >= 4 is 11.9 Å². The van der Waals surface area contributed by atoms with E-state index in [-0.39, 0.29) is 12.8 Å². The van der Waals surface area contributed by atoms with Crippen molar-refractivity contribution in [2.24, 2.45) is 0 Å². The van der Waals surface area contributed by atoms with Gasteiger partial charge in [0, 0.05) is 18.4 Å². The molecular formula is C24H29NO3. The molecule has 1 aliphatic carbocycles. The Kier molecular flexibility index (Phi) is 7.16. The summed E-state index contributed by atoms with van der Waals surface area (Å²) < 4.78 is 0. The largest absolute Gasteiger partial charge is 0.479 e. The number of rotatable bonds is 8. The topological polar surface area (TPSA) is 66.4 Å². The van der Waals surface area contributed by atoms with Gasteiger partial charge in [0.25, 0.3) is 5.91 Å². The minimum absolute atomic E-state index is 0.276. The number of fused-ring (bicyclic) bond motifs is 1. The van der Waals surface area contributed by atoms with Gasteiger partial charge < -0.3 is 10.4 Å². The molecule has 0 saturated heterocycles. The predicted octanol–water partition coefficient (Wildman–Crippen LogP) is 4.53. The third-order valence-corrected chi connectivity index (χ3v) is 5.20. The van der Waals surface area contributed by atoms with Crippen molar-refractivity contribution < 1.29 is 14.7 Å². The molecule has 0 unspecified atom stereocenters. The first-order chi connectivity index (χ1) is 13.4. The number of carbonyl (C=O) groups excluding carboxylic acids is 1. The summed E-state index contributed by atoms with van der Waals surface area (Å²) in [5.41, 5.74) is 2.68. The Bertz CT molecular complexity index is 833. The fourth-order valence-electron chi connectivity index (χ4n) is 3.47. The van der Waals surface area contributed by atoms with E-state index in [0.717, 1.165) is 35.1 Å². The van der Waals surface area contributed by atoms with Crippen LogP contribution in [0.4, 0.5) is 0 Å². The summed E-state index contributed by atoms with van der Waals surface area (Å²) in [7, 11) is 0. The highest BCUT2D eigenvalue weighted by atomic mass is 16.4. The molecule has 0 atom stereocenters. The van der Waals surface area contributed by atoms with Gasteiger partial charge in [-0.05, 0) is 42.5 Å². The normalized spacial score (nSPS) is 16.5. The number of carboxylic acids is 1. The minimum Gasteiger partial charge on any atom is -0.479 e. The molecule has 0 spiro atoms. The van der Waals surface area contributed by atoms with Crippen molar-refractivity contribution in [2.45, 2.75) is 52.0 Å². The van der Waals surface area contributed by atoms with Crippen molar-refractivity contribution in [1.82, 2.24) is 5.32 Å². The van der Waals surface area contributed by atoms with Crippen LogP contribution >= 0.6 is 0 Å². The van der Waals surface area contributed by atoms with Crippen LogP contribution in [0.3, 0.4) is 0 Å². The average Bonchev–Trinajstić information content (AvgIpc) is 3.06. The second-order valence-electron chi connectivity index (χ2n) is 7.16. The van der Waals surface area contributed by atoms with Crippen LogP contribution in [0.2, 0.25) is 0 Å². The molecule has 4 heteroatoms. The Morgan fingerprint density at radius 1 is 1.21 bits per heavy atom. The highest BCUT2D eigenvalue weighted by Crippen LogP contribution is 2.31. The zero-order valence-corrected chi connectivity index (χ0v) is 16.9. The summed E-state index contributed by atoms with van der Waals surface area (Å²) in [6.45, 7) is 9.73. The first-order valence-corrected chi connectivity index (χ1v) is 9.67. The maximum atomic E-state index is 13.1. The molecule has 2 rings (SSSR count). The van der Waals surface area contributed by atoms with Crippen molar-refractivity contribution in [2.75, 3.05) is 0 Å². The molecule has 0 aliphatic heterocycles. The number of carboxylic acid groups (broad SMARTS) is 1. The number of carbonyl (C=O) groups is 2. The molecule has 0 aromatic heterocycles. The van der Waals surface area contributed by atoms with Crippen molar-refractivity contribution in [1.29, 1.82) is 0 Å². The molecule has 28 heavy (non-hydrogen) atoms. The van der Waals surface area contributed by atoms with Crippen molar-refractivity contribution in [3.63, 3.8) is 0 Å². The second kappa shape index (κ2) is 9.36. The van der Waals surface area contributed by atoms with Crippen molar-refractivity contribution in [3.8, 4) is 0 Å². The molecule has 0 heterocycles. The second-order valence-corrected chi connectivity index (χ2v) is 7.16. The van der Waals surface area contributed by atoms with Crippen LogP contribution in [-0.4, -0.2) is 22.5 Å². The van der Waals surface area contributed by atoms with E-state index in [1.807, 2.05) is 56.3 Å². The summed E-state index contributed by atoms with van der Waals surface area (Å²) in [4.78, 5) is 25.2. The standard InChI is InChI=1S/C24H29NO3/c1-5-8-9-14-21(17(4)6-2)20(7-3)22(26)25-24(23(27)28)15-18-12-10-11-13-19(18)16-24/h6-7,9-14H,3,5,8,15-16H2,1-2,4H3,(H,25,26)(H,27,28)/b14-9-,17-6-,21-20+. The van der Waals surface area contributed by atoms with E-state index in [2.05, 4.69) is 18.8 Å². The lowest BCUT2D eigenvalue weighted by molar-refractivity contribution is -0.146. The van der Waals surface area contributed by atoms with E-state index in [1.54, 1.807) is 0 Å². The molecule has 0 radical (unpaired) electrons. The van der Waals surface area contributed by atoms with Gasteiger partial charge in [-0.15, -0.1) is 0 Å². The van der Waals surface area contributed by atoms with Gasteiger partial charge in [-0.2, -0.15) is 0 Å². The zero-order chi connectivity index (χ0) is 20.7. The fraction of sp³-hybridized carbons (Fsp3) is 0.333. The van der Waals surface area contributed by atoms with Gasteiger partial charge in [-0.3, -0.25) is 4.79 Å². The predicted molar refractivity (Wildman–Crippen MR) is 113 cm³/mol. The van der Waals surface area contributed by atoms with Crippen LogP contribution in [0.1, 0.15) is 44.7 Å². The van der Waals surface area contributed by atoms with Crippen LogP contribution in [-0.2, 0) is 22.4 Å². The van der Waals surface area contributed by atoms with Crippen molar-refractivity contribution in [3.05, 3.63) is 83.0 Å². The zero-order valence-electron chi connectivity index (χ0n) is 16.9. The third kappa shape index (κ3) is 4.50. The molecule has 1 amide bonds. The summed E-state index contributed by atoms with van der Waals surface area (Å²) in [5, 5.41) is 12.7. The Balaban J connectivity index is 2.40. The number of nitrogens with one attached hydrogen (secondary N) is 1. The van der Waals surface area contributed by atoms with Gasteiger partial charge in [-0.1, -0.05) is 68.5 Å². The van der Waals surface area contributed by atoms with Gasteiger partial charge >= 0.3 is 5.97 Å². The van der Waals surface area contributed by atoms with Crippen LogP contribution in [0.5, 0.6) is 0 Å². The smallest absolute Gasteiger partial charge is 0.330 e. The number of allylic oxidation sites excluding steroid dienone is 5. The van der Waals surface area contributed by atoms with Gasteiger partial charge in [0.1, 0.15) is 5.54 Å². The van der Waals surface area contributed by atoms with Crippen LogP contribution in [0.15, 0.2) is 71.9 Å². The monoisotopic (exact) mass is 379 g/mol. The summed E-state index contributed by atoms with van der Waals surface area (Å²) in [6, 6.07) is 7.61. The fourth-order valence-corrected chi connectivity index (χ4v) is 3.47. The lowest BCUT2D eigenvalue weighted by Crippen LogP contribution is -2.55. The van der Waals surface area contributed by atoms with Gasteiger partial charge in [0.15, 0.2) is 0 Å². The quantitative estimate of drug-likeness (QED) is 0.515.